The van der Waals surface area contributed by atoms with Crippen molar-refractivity contribution < 1.29 is 9.53 Å². The summed E-state index contributed by atoms with van der Waals surface area (Å²) in [4.78, 5) is 26.6. The average Bonchev–Trinajstić information content (AvgIpc) is 3.28. The molecule has 2 aromatic heterocycles. The summed E-state index contributed by atoms with van der Waals surface area (Å²) in [5.41, 5.74) is 4.48. The van der Waals surface area contributed by atoms with Crippen LogP contribution in [-0.4, -0.2) is 57.5 Å². The first-order valence-electron chi connectivity index (χ1n) is 8.61. The molecule has 1 amide bonds. The minimum atomic E-state index is -0.202. The second kappa shape index (κ2) is 7.49. The van der Waals surface area contributed by atoms with E-state index in [2.05, 4.69) is 14.9 Å². The Labute approximate surface area is 155 Å². The molecule has 2 aliphatic heterocycles. The van der Waals surface area contributed by atoms with Crippen molar-refractivity contribution in [1.82, 2.24) is 19.8 Å². The molecule has 4 heterocycles. The van der Waals surface area contributed by atoms with E-state index in [4.69, 9.17) is 4.74 Å². The van der Waals surface area contributed by atoms with Crippen LogP contribution in [-0.2, 0) is 22.6 Å². The molecule has 8 heteroatoms. The molecule has 0 aromatic carbocycles. The standard InChI is InChI=1S/C17H22N4O2S2/c22-16-1-6-23-17(11-21(16)8-14-10-24-13-19-14)2-4-20(5-3-17)9-15-7-18-12-25-15/h7,10,12-13H,1-6,8-9,11H2. The lowest BCUT2D eigenvalue weighted by Crippen LogP contribution is -2.51. The molecule has 0 atom stereocenters. The highest BCUT2D eigenvalue weighted by Gasteiger charge is 2.40. The molecular formula is C17H22N4O2S2. The van der Waals surface area contributed by atoms with Crippen LogP contribution in [0.15, 0.2) is 22.6 Å². The van der Waals surface area contributed by atoms with Crippen molar-refractivity contribution in [3.63, 3.8) is 0 Å². The summed E-state index contributed by atoms with van der Waals surface area (Å²) in [6.45, 7) is 4.76. The number of amides is 1. The highest BCUT2D eigenvalue weighted by Crippen LogP contribution is 2.31. The van der Waals surface area contributed by atoms with E-state index in [1.165, 1.54) is 4.88 Å². The van der Waals surface area contributed by atoms with Crippen LogP contribution in [0.25, 0.3) is 0 Å². The Morgan fingerprint density at radius 2 is 2.12 bits per heavy atom. The fourth-order valence-electron chi connectivity index (χ4n) is 3.61. The van der Waals surface area contributed by atoms with Crippen molar-refractivity contribution >= 4 is 28.6 Å². The van der Waals surface area contributed by atoms with Crippen LogP contribution in [0.1, 0.15) is 29.8 Å². The lowest BCUT2D eigenvalue weighted by Gasteiger charge is -2.42. The molecule has 0 aliphatic carbocycles. The third-order valence-corrected chi connectivity index (χ3v) is 6.42. The van der Waals surface area contributed by atoms with Crippen molar-refractivity contribution in [3.05, 3.63) is 33.2 Å². The Balaban J connectivity index is 1.39. The number of hydrogen-bond acceptors (Lipinski definition) is 7. The zero-order chi connectivity index (χ0) is 17.1. The van der Waals surface area contributed by atoms with E-state index in [1.807, 2.05) is 27.5 Å². The maximum absolute atomic E-state index is 12.4. The number of rotatable bonds is 4. The molecule has 0 N–H and O–H groups in total. The van der Waals surface area contributed by atoms with Crippen LogP contribution in [0.4, 0.5) is 0 Å². The third kappa shape index (κ3) is 4.08. The van der Waals surface area contributed by atoms with Gasteiger partial charge in [0, 0.05) is 36.1 Å². The number of ether oxygens (including phenoxy) is 1. The lowest BCUT2D eigenvalue weighted by molar-refractivity contribution is -0.132. The topological polar surface area (TPSA) is 58.6 Å². The number of aromatic nitrogens is 2. The van der Waals surface area contributed by atoms with Gasteiger partial charge in [-0.05, 0) is 12.8 Å². The molecule has 134 valence electrons. The molecule has 2 saturated heterocycles. The Morgan fingerprint density at radius 1 is 1.24 bits per heavy atom. The van der Waals surface area contributed by atoms with E-state index in [0.29, 0.717) is 26.1 Å². The second-order valence-corrected chi connectivity index (χ2v) is 8.44. The quantitative estimate of drug-likeness (QED) is 0.818. The van der Waals surface area contributed by atoms with Crippen molar-refractivity contribution in [2.45, 2.75) is 38.0 Å². The molecular weight excluding hydrogens is 356 g/mol. The van der Waals surface area contributed by atoms with Gasteiger partial charge in [-0.25, -0.2) is 4.98 Å². The summed E-state index contributed by atoms with van der Waals surface area (Å²) in [5, 5.41) is 2.02. The van der Waals surface area contributed by atoms with E-state index in [-0.39, 0.29) is 11.5 Å². The first-order valence-corrected chi connectivity index (χ1v) is 10.4. The SMILES string of the molecule is O=C1CCOC2(CCN(Cc3cncs3)CC2)CN1Cc1cscn1. The second-order valence-electron chi connectivity index (χ2n) is 6.75. The highest BCUT2D eigenvalue weighted by atomic mass is 32.1. The molecule has 2 aromatic rings. The van der Waals surface area contributed by atoms with Crippen LogP contribution in [0.5, 0.6) is 0 Å². The summed E-state index contributed by atoms with van der Waals surface area (Å²) in [5.74, 6) is 0.178. The molecule has 2 aliphatic rings. The molecule has 0 radical (unpaired) electrons. The van der Waals surface area contributed by atoms with Gasteiger partial charge in [-0.3, -0.25) is 14.7 Å². The Hall–Kier alpha value is -1.35. The van der Waals surface area contributed by atoms with E-state index >= 15 is 0 Å². The number of carbonyl (C=O) groups is 1. The molecule has 2 fully saturated rings. The van der Waals surface area contributed by atoms with Gasteiger partial charge in [0.15, 0.2) is 0 Å². The van der Waals surface area contributed by atoms with Crippen molar-refractivity contribution in [2.75, 3.05) is 26.2 Å². The predicted octanol–water partition coefficient (Wildman–Crippen LogP) is 2.38. The molecule has 0 bridgehead atoms. The molecule has 0 unspecified atom stereocenters. The number of likely N-dealkylation sites (tertiary alicyclic amines) is 1. The summed E-state index contributed by atoms with van der Waals surface area (Å²) in [6, 6.07) is 0. The molecule has 4 rings (SSSR count). The van der Waals surface area contributed by atoms with Gasteiger partial charge in [0.1, 0.15) is 0 Å². The summed E-state index contributed by atoms with van der Waals surface area (Å²) in [7, 11) is 0. The van der Waals surface area contributed by atoms with Gasteiger partial charge in [0.25, 0.3) is 0 Å². The van der Waals surface area contributed by atoms with Crippen molar-refractivity contribution in [1.29, 1.82) is 0 Å². The summed E-state index contributed by atoms with van der Waals surface area (Å²) in [6.07, 6.45) is 4.35. The number of carbonyl (C=O) groups excluding carboxylic acids is 1. The van der Waals surface area contributed by atoms with E-state index in [9.17, 15) is 4.79 Å². The minimum absolute atomic E-state index is 0.178. The maximum Gasteiger partial charge on any atom is 0.225 e. The van der Waals surface area contributed by atoms with E-state index < -0.39 is 0 Å². The van der Waals surface area contributed by atoms with Crippen LogP contribution >= 0.6 is 22.7 Å². The first-order chi connectivity index (χ1) is 12.2. The Bertz CT molecular complexity index is 682. The zero-order valence-electron chi connectivity index (χ0n) is 14.1. The van der Waals surface area contributed by atoms with Crippen LogP contribution < -0.4 is 0 Å². The number of piperidine rings is 1. The molecule has 6 nitrogen and oxygen atoms in total. The van der Waals surface area contributed by atoms with Crippen LogP contribution in [0.2, 0.25) is 0 Å². The fourth-order valence-corrected chi connectivity index (χ4v) is 4.80. The minimum Gasteiger partial charge on any atom is -0.373 e. The zero-order valence-corrected chi connectivity index (χ0v) is 15.7. The van der Waals surface area contributed by atoms with Gasteiger partial charge < -0.3 is 9.64 Å². The van der Waals surface area contributed by atoms with Crippen molar-refractivity contribution in [2.24, 2.45) is 0 Å². The number of thiazole rings is 2. The van der Waals surface area contributed by atoms with Gasteiger partial charge in [-0.15, -0.1) is 22.7 Å². The van der Waals surface area contributed by atoms with Crippen LogP contribution in [0.3, 0.4) is 0 Å². The van der Waals surface area contributed by atoms with E-state index in [1.54, 1.807) is 22.7 Å². The largest absolute Gasteiger partial charge is 0.373 e. The maximum atomic E-state index is 12.4. The molecule has 0 saturated carbocycles. The number of hydrogen-bond donors (Lipinski definition) is 0. The van der Waals surface area contributed by atoms with Crippen molar-refractivity contribution in [3.8, 4) is 0 Å². The van der Waals surface area contributed by atoms with Gasteiger partial charge in [-0.2, -0.15) is 0 Å². The number of nitrogens with zero attached hydrogens (tertiary/aromatic N) is 4. The van der Waals surface area contributed by atoms with Gasteiger partial charge in [0.2, 0.25) is 5.91 Å². The van der Waals surface area contributed by atoms with E-state index in [0.717, 1.165) is 38.2 Å². The summed E-state index contributed by atoms with van der Waals surface area (Å²) >= 11 is 3.28. The Morgan fingerprint density at radius 3 is 2.84 bits per heavy atom. The normalized spacial score (nSPS) is 21.6. The Kier molecular flexibility index (Phi) is 5.12. The molecule has 25 heavy (non-hydrogen) atoms. The first kappa shape index (κ1) is 17.1. The smallest absolute Gasteiger partial charge is 0.225 e. The summed E-state index contributed by atoms with van der Waals surface area (Å²) < 4.78 is 6.22. The fraction of sp³-hybridized carbons (Fsp3) is 0.588. The average molecular weight is 379 g/mol. The lowest BCUT2D eigenvalue weighted by atomic mass is 9.90. The van der Waals surface area contributed by atoms with Crippen LogP contribution in [0, 0.1) is 0 Å². The molecule has 1 spiro atoms. The third-order valence-electron chi connectivity index (χ3n) is 5.02. The monoisotopic (exact) mass is 378 g/mol. The van der Waals surface area contributed by atoms with Gasteiger partial charge in [0.05, 0.1) is 48.4 Å². The van der Waals surface area contributed by atoms with Gasteiger partial charge in [-0.1, -0.05) is 0 Å². The predicted molar refractivity (Wildman–Crippen MR) is 97.5 cm³/mol. The highest BCUT2D eigenvalue weighted by molar-refractivity contribution is 7.09. The van der Waals surface area contributed by atoms with Gasteiger partial charge >= 0.3 is 0 Å².